The molecule has 3 aromatic rings. The first-order valence-corrected chi connectivity index (χ1v) is 9.27. The largest absolute Gasteiger partial charge is 0.326 e. The van der Waals surface area contributed by atoms with Gasteiger partial charge in [-0.15, -0.1) is 0 Å². The molecule has 0 bridgehead atoms. The second-order valence-electron chi connectivity index (χ2n) is 7.34. The second-order valence-corrected chi connectivity index (χ2v) is 7.34. The van der Waals surface area contributed by atoms with Crippen molar-refractivity contribution in [2.45, 2.75) is 33.4 Å². The molecule has 140 valence electrons. The molecule has 1 atom stereocenters. The quantitative estimate of drug-likeness (QED) is 0.717. The normalized spacial score (nSPS) is 16.6. The van der Waals surface area contributed by atoms with Gasteiger partial charge >= 0.3 is 0 Å². The van der Waals surface area contributed by atoms with E-state index in [1.807, 2.05) is 53.9 Å². The van der Waals surface area contributed by atoms with Gasteiger partial charge in [0.15, 0.2) is 11.6 Å². The SMILES string of the molecule is Cc1c(C(=O)N2CCn3nc(-c4ccccc4)nc3[C@@H]2C(C)C)cnn1C. The minimum absolute atomic E-state index is 0.00908. The maximum atomic E-state index is 13.3. The van der Waals surface area contributed by atoms with E-state index in [-0.39, 0.29) is 17.9 Å². The Morgan fingerprint density at radius 1 is 1.19 bits per heavy atom. The zero-order valence-electron chi connectivity index (χ0n) is 16.1. The van der Waals surface area contributed by atoms with Crippen LogP contribution in [0.2, 0.25) is 0 Å². The summed E-state index contributed by atoms with van der Waals surface area (Å²) in [6.07, 6.45) is 1.66. The molecule has 4 rings (SSSR count). The van der Waals surface area contributed by atoms with Crippen LogP contribution in [-0.4, -0.2) is 41.9 Å². The van der Waals surface area contributed by atoms with Crippen LogP contribution in [0.25, 0.3) is 11.4 Å². The Bertz CT molecular complexity index is 972. The fraction of sp³-hybridized carbons (Fsp3) is 0.400. The Morgan fingerprint density at radius 3 is 2.56 bits per heavy atom. The number of carbonyl (C=O) groups is 1. The molecule has 0 saturated heterocycles. The van der Waals surface area contributed by atoms with Crippen LogP contribution in [-0.2, 0) is 13.6 Å². The van der Waals surface area contributed by atoms with Gasteiger partial charge in [0.1, 0.15) is 0 Å². The highest BCUT2D eigenvalue weighted by molar-refractivity contribution is 5.95. The van der Waals surface area contributed by atoms with Crippen molar-refractivity contribution >= 4 is 5.91 Å². The molecule has 0 saturated carbocycles. The number of hydrogen-bond acceptors (Lipinski definition) is 4. The summed E-state index contributed by atoms with van der Waals surface area (Å²) in [5.41, 5.74) is 2.52. The predicted octanol–water partition coefficient (Wildman–Crippen LogP) is 2.84. The third-order valence-electron chi connectivity index (χ3n) is 5.24. The van der Waals surface area contributed by atoms with Gasteiger partial charge in [-0.25, -0.2) is 9.67 Å². The lowest BCUT2D eigenvalue weighted by atomic mass is 9.99. The van der Waals surface area contributed by atoms with Crippen LogP contribution in [0, 0.1) is 12.8 Å². The van der Waals surface area contributed by atoms with Crippen molar-refractivity contribution in [2.75, 3.05) is 6.54 Å². The fourth-order valence-electron chi connectivity index (χ4n) is 3.68. The summed E-state index contributed by atoms with van der Waals surface area (Å²) in [4.78, 5) is 20.0. The van der Waals surface area contributed by atoms with E-state index in [1.54, 1.807) is 10.9 Å². The second kappa shape index (κ2) is 6.64. The number of nitrogens with zero attached hydrogens (tertiary/aromatic N) is 6. The molecule has 0 spiro atoms. The number of aryl methyl sites for hydroxylation is 1. The summed E-state index contributed by atoms with van der Waals surface area (Å²) < 4.78 is 3.68. The van der Waals surface area contributed by atoms with E-state index in [1.165, 1.54) is 0 Å². The van der Waals surface area contributed by atoms with Crippen molar-refractivity contribution in [1.82, 2.24) is 29.4 Å². The molecule has 0 fully saturated rings. The van der Waals surface area contributed by atoms with E-state index >= 15 is 0 Å². The molecule has 0 radical (unpaired) electrons. The molecule has 1 amide bonds. The molecular formula is C20H24N6O. The lowest BCUT2D eigenvalue weighted by Crippen LogP contribution is -2.44. The highest BCUT2D eigenvalue weighted by Crippen LogP contribution is 2.33. The molecule has 7 heteroatoms. The first-order valence-electron chi connectivity index (χ1n) is 9.27. The van der Waals surface area contributed by atoms with Crippen molar-refractivity contribution in [1.29, 1.82) is 0 Å². The van der Waals surface area contributed by atoms with Gasteiger partial charge in [-0.05, 0) is 12.8 Å². The summed E-state index contributed by atoms with van der Waals surface area (Å²) in [5.74, 6) is 1.79. The molecule has 1 aliphatic heterocycles. The Hall–Kier alpha value is -2.96. The van der Waals surface area contributed by atoms with E-state index in [9.17, 15) is 4.79 Å². The van der Waals surface area contributed by atoms with Gasteiger partial charge in [-0.3, -0.25) is 9.48 Å². The highest BCUT2D eigenvalue weighted by Gasteiger charge is 2.37. The van der Waals surface area contributed by atoms with Gasteiger partial charge in [0.05, 0.1) is 24.3 Å². The van der Waals surface area contributed by atoms with E-state index < -0.39 is 0 Å². The zero-order chi connectivity index (χ0) is 19.1. The fourth-order valence-corrected chi connectivity index (χ4v) is 3.68. The van der Waals surface area contributed by atoms with Crippen LogP contribution in [0.3, 0.4) is 0 Å². The Kier molecular flexibility index (Phi) is 4.30. The lowest BCUT2D eigenvalue weighted by molar-refractivity contribution is 0.0536. The van der Waals surface area contributed by atoms with Gasteiger partial charge in [-0.2, -0.15) is 10.2 Å². The molecule has 7 nitrogen and oxygen atoms in total. The van der Waals surface area contributed by atoms with Crippen LogP contribution >= 0.6 is 0 Å². The maximum absolute atomic E-state index is 13.3. The molecule has 3 heterocycles. The molecule has 2 aromatic heterocycles. The summed E-state index contributed by atoms with van der Waals surface area (Å²) in [5, 5.41) is 8.92. The van der Waals surface area contributed by atoms with Crippen molar-refractivity contribution in [3.8, 4) is 11.4 Å². The number of amides is 1. The zero-order valence-corrected chi connectivity index (χ0v) is 16.1. The van der Waals surface area contributed by atoms with Crippen molar-refractivity contribution in [2.24, 2.45) is 13.0 Å². The van der Waals surface area contributed by atoms with E-state index in [4.69, 9.17) is 10.1 Å². The Morgan fingerprint density at radius 2 is 1.93 bits per heavy atom. The standard InChI is InChI=1S/C20H24N6O/c1-13(2)17-19-22-18(15-8-6-5-7-9-15)23-26(19)11-10-25(17)20(27)16-12-21-24(4)14(16)3/h5-9,12-13,17H,10-11H2,1-4H3/t17-/m0/s1. The van der Waals surface area contributed by atoms with Crippen LogP contribution in [0.15, 0.2) is 36.5 Å². The van der Waals surface area contributed by atoms with E-state index in [0.29, 0.717) is 24.5 Å². The first kappa shape index (κ1) is 17.5. The first-order chi connectivity index (χ1) is 13.0. The molecule has 0 N–H and O–H groups in total. The predicted molar refractivity (Wildman–Crippen MR) is 102 cm³/mol. The molecule has 27 heavy (non-hydrogen) atoms. The van der Waals surface area contributed by atoms with Gasteiger partial charge in [0.25, 0.3) is 5.91 Å². The monoisotopic (exact) mass is 364 g/mol. The summed E-state index contributed by atoms with van der Waals surface area (Å²) in [7, 11) is 1.85. The van der Waals surface area contributed by atoms with Gasteiger partial charge in [-0.1, -0.05) is 44.2 Å². The van der Waals surface area contributed by atoms with Crippen LogP contribution in [0.4, 0.5) is 0 Å². The Balaban J connectivity index is 1.72. The van der Waals surface area contributed by atoms with Gasteiger partial charge in [0.2, 0.25) is 0 Å². The smallest absolute Gasteiger partial charge is 0.258 e. The molecule has 0 aliphatic carbocycles. The van der Waals surface area contributed by atoms with Crippen LogP contribution in [0.1, 0.15) is 41.8 Å². The molecule has 1 aliphatic rings. The number of aromatic nitrogens is 5. The maximum Gasteiger partial charge on any atom is 0.258 e. The molecular weight excluding hydrogens is 340 g/mol. The van der Waals surface area contributed by atoms with E-state index in [2.05, 4.69) is 18.9 Å². The summed E-state index contributed by atoms with van der Waals surface area (Å²) in [6, 6.07) is 9.84. The third kappa shape index (κ3) is 2.93. The van der Waals surface area contributed by atoms with E-state index in [0.717, 1.165) is 17.1 Å². The minimum Gasteiger partial charge on any atom is -0.326 e. The molecule has 1 aromatic carbocycles. The number of hydrogen-bond donors (Lipinski definition) is 0. The van der Waals surface area contributed by atoms with Crippen LogP contribution in [0.5, 0.6) is 0 Å². The average Bonchev–Trinajstić information content (AvgIpc) is 3.24. The minimum atomic E-state index is -0.115. The van der Waals surface area contributed by atoms with Crippen molar-refractivity contribution in [3.63, 3.8) is 0 Å². The Labute approximate surface area is 158 Å². The van der Waals surface area contributed by atoms with Crippen LogP contribution < -0.4 is 0 Å². The molecule has 0 unspecified atom stereocenters. The van der Waals surface area contributed by atoms with Crippen molar-refractivity contribution < 1.29 is 4.79 Å². The van der Waals surface area contributed by atoms with Crippen molar-refractivity contribution in [3.05, 3.63) is 53.6 Å². The number of fused-ring (bicyclic) bond motifs is 1. The average molecular weight is 364 g/mol. The summed E-state index contributed by atoms with van der Waals surface area (Å²) in [6.45, 7) is 7.41. The highest BCUT2D eigenvalue weighted by atomic mass is 16.2. The number of rotatable bonds is 3. The lowest BCUT2D eigenvalue weighted by Gasteiger charge is -2.37. The third-order valence-corrected chi connectivity index (χ3v) is 5.24. The topological polar surface area (TPSA) is 68.8 Å². The number of carbonyl (C=O) groups excluding carboxylic acids is 1. The van der Waals surface area contributed by atoms with Gasteiger partial charge < -0.3 is 4.90 Å². The summed E-state index contributed by atoms with van der Waals surface area (Å²) >= 11 is 0. The number of benzene rings is 1. The van der Waals surface area contributed by atoms with Gasteiger partial charge in [0, 0.05) is 24.8 Å².